The maximum atomic E-state index is 13.8. The number of nitrogens with zero attached hydrogens (tertiary/aromatic N) is 2. The van der Waals surface area contributed by atoms with Crippen LogP contribution in [-0.2, 0) is 22.6 Å². The lowest BCUT2D eigenvalue weighted by Crippen LogP contribution is -2.24. The Morgan fingerprint density at radius 1 is 1.39 bits per heavy atom. The van der Waals surface area contributed by atoms with Crippen molar-refractivity contribution in [2.75, 3.05) is 13.3 Å². The summed E-state index contributed by atoms with van der Waals surface area (Å²) in [5.41, 5.74) is 2.70. The van der Waals surface area contributed by atoms with E-state index in [0.717, 1.165) is 0 Å². The molecule has 1 aromatic carbocycles. The molecule has 1 aliphatic rings. The van der Waals surface area contributed by atoms with Crippen molar-refractivity contribution in [2.45, 2.75) is 13.0 Å². The summed E-state index contributed by atoms with van der Waals surface area (Å²) in [6.45, 7) is 0.792. The van der Waals surface area contributed by atoms with Crippen LogP contribution < -0.4 is 10.1 Å². The Hall–Kier alpha value is -2.90. The minimum absolute atomic E-state index is 0.140. The lowest BCUT2D eigenvalue weighted by Gasteiger charge is -2.20. The van der Waals surface area contributed by atoms with Gasteiger partial charge in [-0.15, -0.1) is 0 Å². The van der Waals surface area contributed by atoms with Gasteiger partial charge in [0.25, 0.3) is 0 Å². The van der Waals surface area contributed by atoms with Gasteiger partial charge in [-0.3, -0.25) is 9.20 Å². The normalized spacial score (nSPS) is 13.5. The summed E-state index contributed by atoms with van der Waals surface area (Å²) >= 11 is 6.14. The van der Waals surface area contributed by atoms with Gasteiger partial charge in [-0.05, 0) is 42.3 Å². The first kappa shape index (κ1) is 18.5. The van der Waals surface area contributed by atoms with Crippen molar-refractivity contribution < 1.29 is 18.7 Å². The molecule has 28 heavy (non-hydrogen) atoms. The summed E-state index contributed by atoms with van der Waals surface area (Å²) < 4.78 is 26.2. The summed E-state index contributed by atoms with van der Waals surface area (Å²) in [6.07, 6.45) is 5.27. The van der Waals surface area contributed by atoms with Gasteiger partial charge in [0.15, 0.2) is 11.9 Å². The highest BCUT2D eigenvalue weighted by atomic mass is 35.5. The molecule has 0 saturated heterocycles. The van der Waals surface area contributed by atoms with Crippen LogP contribution in [0, 0.1) is 5.82 Å². The van der Waals surface area contributed by atoms with Gasteiger partial charge >= 0.3 is 0 Å². The molecule has 1 N–H and O–H groups in total. The minimum Gasteiger partial charge on any atom is -0.467 e. The van der Waals surface area contributed by atoms with Gasteiger partial charge in [0.05, 0.1) is 12.3 Å². The van der Waals surface area contributed by atoms with Crippen LogP contribution in [0.3, 0.4) is 0 Å². The van der Waals surface area contributed by atoms with E-state index < -0.39 is 0 Å². The maximum Gasteiger partial charge on any atom is 0.244 e. The van der Waals surface area contributed by atoms with E-state index >= 15 is 0 Å². The van der Waals surface area contributed by atoms with Gasteiger partial charge < -0.3 is 14.8 Å². The molecular weight excluding hydrogens is 385 g/mol. The van der Waals surface area contributed by atoms with Crippen LogP contribution in [0.5, 0.6) is 5.75 Å². The van der Waals surface area contributed by atoms with E-state index in [-0.39, 0.29) is 18.5 Å². The average Bonchev–Trinajstić information content (AvgIpc) is 3.01. The third kappa shape index (κ3) is 3.85. The van der Waals surface area contributed by atoms with Crippen molar-refractivity contribution in [3.05, 3.63) is 70.4 Å². The van der Waals surface area contributed by atoms with E-state index in [1.165, 1.54) is 18.2 Å². The average molecular weight is 402 g/mol. The number of imidazole rings is 1. The second-order valence-electron chi connectivity index (χ2n) is 6.25. The number of rotatable bonds is 5. The molecule has 0 spiro atoms. The van der Waals surface area contributed by atoms with E-state index in [9.17, 15) is 9.18 Å². The number of pyridine rings is 1. The van der Waals surface area contributed by atoms with Crippen LogP contribution in [0.15, 0.2) is 42.6 Å². The molecule has 1 aliphatic heterocycles. The maximum absolute atomic E-state index is 13.8. The van der Waals surface area contributed by atoms with E-state index in [0.29, 0.717) is 52.9 Å². The summed E-state index contributed by atoms with van der Waals surface area (Å²) in [6, 6.07) is 8.37. The number of hydrogen-bond donors (Lipinski definition) is 1. The van der Waals surface area contributed by atoms with Crippen LogP contribution in [0.1, 0.15) is 16.8 Å². The highest BCUT2D eigenvalue weighted by molar-refractivity contribution is 6.31. The Kier molecular flexibility index (Phi) is 5.27. The molecule has 0 unspecified atom stereocenters. The number of fused-ring (bicyclic) bond motifs is 2. The fourth-order valence-electron chi connectivity index (χ4n) is 3.11. The first-order valence-electron chi connectivity index (χ1n) is 8.72. The predicted octanol–water partition coefficient (Wildman–Crippen LogP) is 3.37. The van der Waals surface area contributed by atoms with Crippen molar-refractivity contribution >= 4 is 29.2 Å². The molecule has 2 aromatic heterocycles. The third-order valence-corrected chi connectivity index (χ3v) is 4.64. The van der Waals surface area contributed by atoms with E-state index in [2.05, 4.69) is 10.3 Å². The molecule has 144 valence electrons. The third-order valence-electron chi connectivity index (χ3n) is 4.36. The van der Waals surface area contributed by atoms with Gasteiger partial charge in [0.1, 0.15) is 17.2 Å². The standard InChI is InChI=1S/C20H17ClFN3O3/c21-20-16(25-8-2-1-3-17(25)24-20)4-5-18(26)23-7-6-13-9-15(22)10-14-11-27-12-28-19(13)14/h1-5,8-10H,6-7,11-12H2,(H,23,26). The summed E-state index contributed by atoms with van der Waals surface area (Å²) in [5, 5.41) is 3.10. The van der Waals surface area contributed by atoms with Crippen molar-refractivity contribution in [1.82, 2.24) is 14.7 Å². The molecule has 8 heteroatoms. The number of amides is 1. The van der Waals surface area contributed by atoms with Crippen molar-refractivity contribution in [3.8, 4) is 5.75 Å². The lowest BCUT2D eigenvalue weighted by atomic mass is 10.1. The zero-order valence-electron chi connectivity index (χ0n) is 14.8. The van der Waals surface area contributed by atoms with Gasteiger partial charge in [-0.25, -0.2) is 9.37 Å². The van der Waals surface area contributed by atoms with Crippen LogP contribution in [0.2, 0.25) is 5.15 Å². The summed E-state index contributed by atoms with van der Waals surface area (Å²) in [5.74, 6) is 0.00254. The number of benzene rings is 1. The van der Waals surface area contributed by atoms with Crippen LogP contribution in [0.25, 0.3) is 11.7 Å². The second kappa shape index (κ2) is 8.00. The zero-order valence-corrected chi connectivity index (χ0v) is 15.6. The summed E-state index contributed by atoms with van der Waals surface area (Å²) in [7, 11) is 0. The van der Waals surface area contributed by atoms with Crippen LogP contribution >= 0.6 is 11.6 Å². The highest BCUT2D eigenvalue weighted by Gasteiger charge is 2.16. The molecule has 0 aliphatic carbocycles. The molecule has 0 fully saturated rings. The van der Waals surface area contributed by atoms with Crippen molar-refractivity contribution in [3.63, 3.8) is 0 Å². The Bertz CT molecular complexity index is 1060. The predicted molar refractivity (Wildman–Crippen MR) is 103 cm³/mol. The Labute approximate surface area is 165 Å². The number of hydrogen-bond acceptors (Lipinski definition) is 4. The molecule has 6 nitrogen and oxygen atoms in total. The van der Waals surface area contributed by atoms with Gasteiger partial charge in [-0.2, -0.15) is 0 Å². The monoisotopic (exact) mass is 401 g/mol. The first-order chi connectivity index (χ1) is 13.6. The molecule has 3 aromatic rings. The van der Waals surface area contributed by atoms with E-state index in [4.69, 9.17) is 21.1 Å². The minimum atomic E-state index is -0.351. The quantitative estimate of drug-likeness (QED) is 0.666. The fourth-order valence-corrected chi connectivity index (χ4v) is 3.35. The molecule has 3 heterocycles. The van der Waals surface area contributed by atoms with Gasteiger partial charge in [0, 0.05) is 24.4 Å². The topological polar surface area (TPSA) is 64.9 Å². The fraction of sp³-hybridized carbons (Fsp3) is 0.200. The number of halogens is 2. The Balaban J connectivity index is 1.39. The Morgan fingerprint density at radius 2 is 2.29 bits per heavy atom. The van der Waals surface area contributed by atoms with Crippen molar-refractivity contribution in [2.24, 2.45) is 0 Å². The van der Waals surface area contributed by atoms with Gasteiger partial charge in [-0.1, -0.05) is 17.7 Å². The van der Waals surface area contributed by atoms with E-state index in [1.54, 1.807) is 10.5 Å². The van der Waals surface area contributed by atoms with Crippen LogP contribution in [0.4, 0.5) is 4.39 Å². The number of ether oxygens (including phenoxy) is 2. The SMILES string of the molecule is O=C(C=Cc1c(Cl)nc2ccccn12)NCCc1cc(F)cc2c1OCOC2. The molecule has 0 atom stereocenters. The van der Waals surface area contributed by atoms with Crippen molar-refractivity contribution in [1.29, 1.82) is 0 Å². The number of carbonyl (C=O) groups excluding carboxylic acids is 1. The Morgan fingerprint density at radius 3 is 3.18 bits per heavy atom. The summed E-state index contributed by atoms with van der Waals surface area (Å²) in [4.78, 5) is 16.4. The number of carbonyl (C=O) groups is 1. The molecule has 0 radical (unpaired) electrons. The molecule has 0 saturated carbocycles. The second-order valence-corrected chi connectivity index (χ2v) is 6.61. The molecule has 1 amide bonds. The molecule has 0 bridgehead atoms. The lowest BCUT2D eigenvalue weighted by molar-refractivity contribution is -0.116. The smallest absolute Gasteiger partial charge is 0.244 e. The highest BCUT2D eigenvalue weighted by Crippen LogP contribution is 2.29. The van der Waals surface area contributed by atoms with Gasteiger partial charge in [0.2, 0.25) is 5.91 Å². The zero-order chi connectivity index (χ0) is 19.5. The molecular formula is C20H17ClFN3O3. The number of nitrogens with one attached hydrogen (secondary N) is 1. The number of aromatic nitrogens is 2. The first-order valence-corrected chi connectivity index (χ1v) is 9.10. The molecule has 4 rings (SSSR count). The van der Waals surface area contributed by atoms with E-state index in [1.807, 2.05) is 24.4 Å². The largest absolute Gasteiger partial charge is 0.467 e. The van der Waals surface area contributed by atoms with Crippen LogP contribution in [-0.4, -0.2) is 28.6 Å².